The van der Waals surface area contributed by atoms with Crippen LogP contribution in [0.5, 0.6) is 0 Å². The number of H-pyrrole nitrogens is 2. The summed E-state index contributed by atoms with van der Waals surface area (Å²) in [6.45, 7) is 8.19. The number of fused-ring (bicyclic) bond motifs is 1. The van der Waals surface area contributed by atoms with E-state index in [0.717, 1.165) is 40.2 Å². The van der Waals surface area contributed by atoms with Crippen molar-refractivity contribution in [3.8, 4) is 11.3 Å². The molecule has 30 heavy (non-hydrogen) atoms. The van der Waals surface area contributed by atoms with Crippen LogP contribution in [0.2, 0.25) is 0 Å². The maximum Gasteiger partial charge on any atom is 0.269 e. The number of benzene rings is 1. The molecule has 0 radical (unpaired) electrons. The highest BCUT2D eigenvalue weighted by atomic mass is 16.2. The summed E-state index contributed by atoms with van der Waals surface area (Å²) < 4.78 is 1.82. The molecule has 0 spiro atoms. The van der Waals surface area contributed by atoms with Crippen LogP contribution < -0.4 is 5.32 Å². The third kappa shape index (κ3) is 3.72. The minimum absolute atomic E-state index is 0.209. The summed E-state index contributed by atoms with van der Waals surface area (Å²) in [5.41, 5.74) is 5.82. The Bertz CT molecular complexity index is 1160. The number of para-hydroxylation sites is 2. The Morgan fingerprint density at radius 2 is 2.00 bits per heavy atom. The molecule has 8 heteroatoms. The molecule has 0 saturated heterocycles. The second-order valence-corrected chi connectivity index (χ2v) is 8.13. The monoisotopic (exact) mass is 405 g/mol. The molecule has 0 fully saturated rings. The van der Waals surface area contributed by atoms with E-state index in [4.69, 9.17) is 0 Å². The van der Waals surface area contributed by atoms with Crippen molar-refractivity contribution in [1.82, 2.24) is 35.3 Å². The average molecular weight is 406 g/mol. The topological polar surface area (TPSA) is 104 Å². The number of aromatic amines is 2. The molecule has 4 aromatic rings. The molecule has 1 aromatic carbocycles. The van der Waals surface area contributed by atoms with E-state index in [9.17, 15) is 4.79 Å². The number of nitrogens with zero attached hydrogens (tertiary/aromatic N) is 4. The summed E-state index contributed by atoms with van der Waals surface area (Å²) in [6.07, 6.45) is 0.771. The third-order valence-electron chi connectivity index (χ3n) is 5.34. The SMILES string of the molecule is Cc1nn(C)c(C)c1-c1cc(C(=O)N[C@H](CC(C)C)c2nc3ccccc3[nH]2)[nH]n1. The van der Waals surface area contributed by atoms with Crippen LogP contribution in [0.4, 0.5) is 0 Å². The van der Waals surface area contributed by atoms with Crippen molar-refractivity contribution in [2.24, 2.45) is 13.0 Å². The van der Waals surface area contributed by atoms with Crippen molar-refractivity contribution in [3.05, 3.63) is 53.2 Å². The molecule has 8 nitrogen and oxygen atoms in total. The average Bonchev–Trinajstić information content (AvgIpc) is 3.39. The van der Waals surface area contributed by atoms with Crippen molar-refractivity contribution < 1.29 is 4.79 Å². The highest BCUT2D eigenvalue weighted by molar-refractivity contribution is 5.93. The van der Waals surface area contributed by atoms with Gasteiger partial charge in [-0.25, -0.2) is 4.98 Å². The smallest absolute Gasteiger partial charge is 0.269 e. The maximum absolute atomic E-state index is 13.0. The third-order valence-corrected chi connectivity index (χ3v) is 5.34. The van der Waals surface area contributed by atoms with Gasteiger partial charge in [-0.05, 0) is 44.4 Å². The van der Waals surface area contributed by atoms with Crippen LogP contribution in [0, 0.1) is 19.8 Å². The number of rotatable bonds is 6. The van der Waals surface area contributed by atoms with Gasteiger partial charge in [0.2, 0.25) is 0 Å². The highest BCUT2D eigenvalue weighted by Crippen LogP contribution is 2.26. The zero-order chi connectivity index (χ0) is 21.4. The van der Waals surface area contributed by atoms with E-state index in [0.29, 0.717) is 17.3 Å². The van der Waals surface area contributed by atoms with Crippen molar-refractivity contribution in [2.75, 3.05) is 0 Å². The molecule has 156 valence electrons. The lowest BCUT2D eigenvalue weighted by Crippen LogP contribution is -2.30. The zero-order valence-electron chi connectivity index (χ0n) is 17.9. The number of nitrogens with one attached hydrogen (secondary N) is 3. The van der Waals surface area contributed by atoms with Crippen LogP contribution in [-0.4, -0.2) is 35.9 Å². The van der Waals surface area contributed by atoms with Crippen LogP contribution in [0.1, 0.15) is 54.0 Å². The van der Waals surface area contributed by atoms with Gasteiger partial charge < -0.3 is 10.3 Å². The molecule has 0 aliphatic heterocycles. The second kappa shape index (κ2) is 7.78. The van der Waals surface area contributed by atoms with E-state index in [-0.39, 0.29) is 11.9 Å². The largest absolute Gasteiger partial charge is 0.341 e. The van der Waals surface area contributed by atoms with Gasteiger partial charge in [0.25, 0.3) is 5.91 Å². The van der Waals surface area contributed by atoms with Gasteiger partial charge in [0.1, 0.15) is 11.5 Å². The van der Waals surface area contributed by atoms with Gasteiger partial charge in [-0.1, -0.05) is 26.0 Å². The Morgan fingerprint density at radius 3 is 2.67 bits per heavy atom. The number of carbonyl (C=O) groups is 1. The fourth-order valence-electron chi connectivity index (χ4n) is 3.79. The standard InChI is InChI=1S/C22H27N7O/c1-12(2)10-18(21-23-15-8-6-7-9-16(15)24-21)25-22(30)19-11-17(26-27-19)20-13(3)28-29(5)14(20)4/h6-9,11-12,18H,10H2,1-5H3,(H,23,24)(H,25,30)(H,26,27)/t18-/m1/s1. The molecule has 1 amide bonds. The van der Waals surface area contributed by atoms with Gasteiger partial charge in [-0.2, -0.15) is 10.2 Å². The molecule has 0 aliphatic carbocycles. The van der Waals surface area contributed by atoms with Gasteiger partial charge >= 0.3 is 0 Å². The molecule has 3 heterocycles. The second-order valence-electron chi connectivity index (χ2n) is 8.13. The van der Waals surface area contributed by atoms with Gasteiger partial charge in [0, 0.05) is 18.3 Å². The van der Waals surface area contributed by atoms with E-state index < -0.39 is 0 Å². The molecular weight excluding hydrogens is 378 g/mol. The minimum Gasteiger partial charge on any atom is -0.341 e. The van der Waals surface area contributed by atoms with Crippen LogP contribution in [0.3, 0.4) is 0 Å². The summed E-state index contributed by atoms with van der Waals surface area (Å²) in [4.78, 5) is 21.0. The molecule has 4 rings (SSSR count). The van der Waals surface area contributed by atoms with Crippen LogP contribution in [0.15, 0.2) is 30.3 Å². The van der Waals surface area contributed by atoms with E-state index in [1.165, 1.54) is 0 Å². The van der Waals surface area contributed by atoms with Crippen LogP contribution in [-0.2, 0) is 7.05 Å². The Labute approximate surface area is 175 Å². The number of carbonyl (C=O) groups excluding carboxylic acids is 1. The first-order chi connectivity index (χ1) is 14.3. The predicted octanol–water partition coefficient (Wildman–Crippen LogP) is 3.82. The highest BCUT2D eigenvalue weighted by Gasteiger charge is 2.23. The lowest BCUT2D eigenvalue weighted by atomic mass is 10.0. The number of hydrogen-bond acceptors (Lipinski definition) is 4. The number of hydrogen-bond donors (Lipinski definition) is 3. The quantitative estimate of drug-likeness (QED) is 0.453. The first-order valence-electron chi connectivity index (χ1n) is 10.1. The van der Waals surface area contributed by atoms with E-state index in [1.54, 1.807) is 6.07 Å². The molecular formula is C22H27N7O. The Balaban J connectivity index is 1.59. The number of imidazole rings is 1. The molecule has 0 bridgehead atoms. The van der Waals surface area contributed by atoms with Gasteiger partial charge in [-0.3, -0.25) is 14.6 Å². The van der Waals surface area contributed by atoms with E-state index >= 15 is 0 Å². The molecule has 3 aromatic heterocycles. The van der Waals surface area contributed by atoms with Gasteiger partial charge in [0.05, 0.1) is 28.5 Å². The first-order valence-corrected chi connectivity index (χ1v) is 10.1. The summed E-state index contributed by atoms with van der Waals surface area (Å²) in [5, 5.41) is 14.8. The summed E-state index contributed by atoms with van der Waals surface area (Å²) in [7, 11) is 1.90. The van der Waals surface area contributed by atoms with Crippen molar-refractivity contribution in [2.45, 2.75) is 40.2 Å². The van der Waals surface area contributed by atoms with E-state index in [1.807, 2.05) is 49.8 Å². The zero-order valence-corrected chi connectivity index (χ0v) is 17.9. The number of aromatic nitrogens is 6. The number of aryl methyl sites for hydroxylation is 2. The Hall–Kier alpha value is -3.42. The molecule has 0 saturated carbocycles. The maximum atomic E-state index is 13.0. The van der Waals surface area contributed by atoms with Crippen molar-refractivity contribution in [1.29, 1.82) is 0 Å². The van der Waals surface area contributed by atoms with Gasteiger partial charge in [-0.15, -0.1) is 0 Å². The van der Waals surface area contributed by atoms with Crippen molar-refractivity contribution >= 4 is 16.9 Å². The van der Waals surface area contributed by atoms with Crippen molar-refractivity contribution in [3.63, 3.8) is 0 Å². The Morgan fingerprint density at radius 1 is 1.23 bits per heavy atom. The summed E-state index contributed by atoms with van der Waals surface area (Å²) in [6, 6.07) is 9.42. The van der Waals surface area contributed by atoms with Crippen LogP contribution >= 0.6 is 0 Å². The normalized spacial score (nSPS) is 12.6. The molecule has 1 atom stereocenters. The first kappa shape index (κ1) is 19.9. The van der Waals surface area contributed by atoms with Gasteiger partial charge in [0.15, 0.2) is 0 Å². The fraction of sp³-hybridized carbons (Fsp3) is 0.364. The lowest BCUT2D eigenvalue weighted by Gasteiger charge is -2.18. The number of amides is 1. The molecule has 0 aliphatic rings. The predicted molar refractivity (Wildman–Crippen MR) is 116 cm³/mol. The van der Waals surface area contributed by atoms with Crippen LogP contribution in [0.25, 0.3) is 22.3 Å². The fourth-order valence-corrected chi connectivity index (χ4v) is 3.79. The molecule has 3 N–H and O–H groups in total. The lowest BCUT2D eigenvalue weighted by molar-refractivity contribution is 0.0925. The Kier molecular flexibility index (Phi) is 5.15. The molecule has 0 unspecified atom stereocenters. The minimum atomic E-state index is -0.224. The summed E-state index contributed by atoms with van der Waals surface area (Å²) >= 11 is 0. The van der Waals surface area contributed by atoms with E-state index in [2.05, 4.69) is 44.4 Å². The summed E-state index contributed by atoms with van der Waals surface area (Å²) in [5.74, 6) is 0.942.